The Balaban J connectivity index is 1.87. The van der Waals surface area contributed by atoms with Crippen LogP contribution in [0.1, 0.15) is 16.7 Å². The van der Waals surface area contributed by atoms with Crippen molar-refractivity contribution in [1.29, 1.82) is 0 Å². The highest BCUT2D eigenvalue weighted by Crippen LogP contribution is 2.18. The molecule has 0 bridgehead atoms. The quantitative estimate of drug-likeness (QED) is 0.715. The van der Waals surface area contributed by atoms with E-state index in [0.717, 1.165) is 18.5 Å². The Morgan fingerprint density at radius 3 is 2.79 bits per heavy atom. The molecule has 0 unspecified atom stereocenters. The fourth-order valence-electron chi connectivity index (χ4n) is 2.29. The average molecular weight is 251 g/mol. The molecule has 0 saturated carbocycles. The molecular formula is C16H17N3. The third-order valence-corrected chi connectivity index (χ3v) is 3.60. The Bertz CT molecular complexity index is 699. The molecule has 3 nitrogen and oxygen atoms in total. The highest BCUT2D eigenvalue weighted by atomic mass is 15.0. The number of fused-ring (bicyclic) bond motifs is 1. The molecule has 0 radical (unpaired) electrons. The van der Waals surface area contributed by atoms with Gasteiger partial charge < -0.3 is 4.57 Å². The molecule has 1 aromatic carbocycles. The lowest BCUT2D eigenvalue weighted by Gasteiger charge is -2.06. The maximum atomic E-state index is 4.48. The molecule has 0 N–H and O–H groups in total. The van der Waals surface area contributed by atoms with Crippen LogP contribution in [0.2, 0.25) is 0 Å². The summed E-state index contributed by atoms with van der Waals surface area (Å²) in [7, 11) is 0. The van der Waals surface area contributed by atoms with Crippen LogP contribution in [-0.2, 0) is 13.0 Å². The van der Waals surface area contributed by atoms with E-state index in [1.807, 2.05) is 24.8 Å². The average Bonchev–Trinajstić information content (AvgIpc) is 2.80. The first-order valence-corrected chi connectivity index (χ1v) is 6.55. The molecule has 0 spiro atoms. The van der Waals surface area contributed by atoms with E-state index in [4.69, 9.17) is 0 Å². The monoisotopic (exact) mass is 251 g/mol. The van der Waals surface area contributed by atoms with Crippen LogP contribution >= 0.6 is 0 Å². The minimum Gasteiger partial charge on any atom is -0.330 e. The van der Waals surface area contributed by atoms with Crippen molar-refractivity contribution in [3.63, 3.8) is 0 Å². The van der Waals surface area contributed by atoms with Crippen LogP contribution in [0.15, 0.2) is 43.0 Å². The smallest absolute Gasteiger partial charge is 0.0958 e. The lowest BCUT2D eigenvalue weighted by Crippen LogP contribution is -2.00. The SMILES string of the molecule is Cc1cc2ncn(CCc3cccnc3)c2cc1C. The molecule has 0 fully saturated rings. The first kappa shape index (κ1) is 11.9. The van der Waals surface area contributed by atoms with Crippen molar-refractivity contribution in [2.24, 2.45) is 0 Å². The van der Waals surface area contributed by atoms with Crippen molar-refractivity contribution in [1.82, 2.24) is 14.5 Å². The van der Waals surface area contributed by atoms with E-state index in [9.17, 15) is 0 Å². The molecule has 0 aliphatic rings. The number of imidazole rings is 1. The normalized spacial score (nSPS) is 11.1. The molecule has 3 aromatic rings. The molecule has 0 amide bonds. The Kier molecular flexibility index (Phi) is 3.03. The zero-order valence-corrected chi connectivity index (χ0v) is 11.3. The number of pyridine rings is 1. The van der Waals surface area contributed by atoms with Gasteiger partial charge in [-0.3, -0.25) is 4.98 Å². The summed E-state index contributed by atoms with van der Waals surface area (Å²) in [5.74, 6) is 0. The zero-order chi connectivity index (χ0) is 13.2. The highest BCUT2D eigenvalue weighted by molar-refractivity contribution is 5.77. The molecule has 2 aromatic heterocycles. The molecular weight excluding hydrogens is 234 g/mol. The van der Waals surface area contributed by atoms with E-state index in [1.165, 1.54) is 22.2 Å². The van der Waals surface area contributed by atoms with Gasteiger partial charge in [-0.25, -0.2) is 4.98 Å². The number of aryl methyl sites for hydroxylation is 4. The molecule has 0 aliphatic heterocycles. The molecule has 3 heteroatoms. The fraction of sp³-hybridized carbons (Fsp3) is 0.250. The summed E-state index contributed by atoms with van der Waals surface area (Å²) in [6, 6.07) is 8.47. The van der Waals surface area contributed by atoms with E-state index >= 15 is 0 Å². The van der Waals surface area contributed by atoms with Crippen LogP contribution in [0.4, 0.5) is 0 Å². The highest BCUT2D eigenvalue weighted by Gasteiger charge is 2.05. The summed E-state index contributed by atoms with van der Waals surface area (Å²) < 4.78 is 2.22. The Labute approximate surface area is 112 Å². The number of rotatable bonds is 3. The van der Waals surface area contributed by atoms with Crippen LogP contribution in [0.5, 0.6) is 0 Å². The summed E-state index contributed by atoms with van der Waals surface area (Å²) in [5.41, 5.74) is 6.16. The molecule has 2 heterocycles. The predicted molar refractivity (Wildman–Crippen MR) is 77.1 cm³/mol. The van der Waals surface area contributed by atoms with Gasteiger partial charge in [-0.05, 0) is 55.2 Å². The first-order chi connectivity index (χ1) is 9.24. The van der Waals surface area contributed by atoms with Gasteiger partial charge in [0.15, 0.2) is 0 Å². The maximum absolute atomic E-state index is 4.48. The van der Waals surface area contributed by atoms with Gasteiger partial charge in [0.2, 0.25) is 0 Å². The van der Waals surface area contributed by atoms with Crippen LogP contribution in [0, 0.1) is 13.8 Å². The molecule has 96 valence electrons. The van der Waals surface area contributed by atoms with Crippen molar-refractivity contribution >= 4 is 11.0 Å². The number of nitrogens with zero attached hydrogens (tertiary/aromatic N) is 3. The second kappa shape index (κ2) is 4.84. The summed E-state index contributed by atoms with van der Waals surface area (Å²) in [6.07, 6.45) is 6.64. The first-order valence-electron chi connectivity index (χ1n) is 6.55. The number of hydrogen-bond donors (Lipinski definition) is 0. The second-order valence-corrected chi connectivity index (χ2v) is 4.97. The Morgan fingerprint density at radius 1 is 1.16 bits per heavy atom. The second-order valence-electron chi connectivity index (χ2n) is 4.97. The van der Waals surface area contributed by atoms with Gasteiger partial charge in [0.1, 0.15) is 0 Å². The lowest BCUT2D eigenvalue weighted by atomic mass is 10.1. The zero-order valence-electron chi connectivity index (χ0n) is 11.3. The van der Waals surface area contributed by atoms with E-state index in [-0.39, 0.29) is 0 Å². The fourth-order valence-corrected chi connectivity index (χ4v) is 2.29. The van der Waals surface area contributed by atoms with Crippen LogP contribution in [0.3, 0.4) is 0 Å². The largest absolute Gasteiger partial charge is 0.330 e. The molecule has 3 rings (SSSR count). The van der Waals surface area contributed by atoms with Gasteiger partial charge in [0, 0.05) is 18.9 Å². The number of benzene rings is 1. The van der Waals surface area contributed by atoms with Crippen LogP contribution in [-0.4, -0.2) is 14.5 Å². The molecule has 19 heavy (non-hydrogen) atoms. The minimum absolute atomic E-state index is 0.935. The summed E-state index contributed by atoms with van der Waals surface area (Å²) in [5, 5.41) is 0. The lowest BCUT2D eigenvalue weighted by molar-refractivity contribution is 0.714. The van der Waals surface area contributed by atoms with E-state index in [1.54, 1.807) is 0 Å². The van der Waals surface area contributed by atoms with Crippen molar-refractivity contribution in [3.05, 3.63) is 59.7 Å². The number of aromatic nitrogens is 3. The van der Waals surface area contributed by atoms with Crippen molar-refractivity contribution in [2.45, 2.75) is 26.8 Å². The predicted octanol–water partition coefficient (Wildman–Crippen LogP) is 3.29. The summed E-state index contributed by atoms with van der Waals surface area (Å²) >= 11 is 0. The minimum atomic E-state index is 0.935. The van der Waals surface area contributed by atoms with E-state index < -0.39 is 0 Å². The van der Waals surface area contributed by atoms with Gasteiger partial charge in [-0.2, -0.15) is 0 Å². The Hall–Kier alpha value is -2.16. The molecule has 0 saturated heterocycles. The van der Waals surface area contributed by atoms with Gasteiger partial charge in [0.25, 0.3) is 0 Å². The van der Waals surface area contributed by atoms with Crippen LogP contribution < -0.4 is 0 Å². The van der Waals surface area contributed by atoms with Crippen molar-refractivity contribution in [2.75, 3.05) is 0 Å². The summed E-state index contributed by atoms with van der Waals surface area (Å²) in [6.45, 7) is 5.21. The van der Waals surface area contributed by atoms with E-state index in [2.05, 4.69) is 46.6 Å². The van der Waals surface area contributed by atoms with Gasteiger partial charge in [-0.1, -0.05) is 6.07 Å². The van der Waals surface area contributed by atoms with Gasteiger partial charge >= 0.3 is 0 Å². The standard InChI is InChI=1S/C16H17N3/c1-12-8-15-16(9-13(12)2)19(11-18-15)7-5-14-4-3-6-17-10-14/h3-4,6,8-11H,5,7H2,1-2H3. The molecule has 0 atom stereocenters. The summed E-state index contributed by atoms with van der Waals surface area (Å²) in [4.78, 5) is 8.63. The van der Waals surface area contributed by atoms with Crippen molar-refractivity contribution in [3.8, 4) is 0 Å². The van der Waals surface area contributed by atoms with Crippen LogP contribution in [0.25, 0.3) is 11.0 Å². The third-order valence-electron chi connectivity index (χ3n) is 3.60. The maximum Gasteiger partial charge on any atom is 0.0958 e. The topological polar surface area (TPSA) is 30.7 Å². The van der Waals surface area contributed by atoms with Gasteiger partial charge in [0.05, 0.1) is 17.4 Å². The molecule has 0 aliphatic carbocycles. The van der Waals surface area contributed by atoms with E-state index in [0.29, 0.717) is 0 Å². The van der Waals surface area contributed by atoms with Crippen molar-refractivity contribution < 1.29 is 0 Å². The third kappa shape index (κ3) is 2.36. The number of hydrogen-bond acceptors (Lipinski definition) is 2. The van der Waals surface area contributed by atoms with Gasteiger partial charge in [-0.15, -0.1) is 0 Å². The Morgan fingerprint density at radius 2 is 2.00 bits per heavy atom.